The van der Waals surface area contributed by atoms with Crippen molar-refractivity contribution in [2.75, 3.05) is 26.2 Å². The van der Waals surface area contributed by atoms with E-state index in [0.29, 0.717) is 17.7 Å². The molecular formula is C18H27N3O3. The van der Waals surface area contributed by atoms with Crippen LogP contribution >= 0.6 is 0 Å². The van der Waals surface area contributed by atoms with Crippen LogP contribution in [-0.4, -0.2) is 52.9 Å². The summed E-state index contributed by atoms with van der Waals surface area (Å²) in [6, 6.07) is 0. The summed E-state index contributed by atoms with van der Waals surface area (Å²) >= 11 is 0. The first-order valence-electron chi connectivity index (χ1n) is 9.09. The van der Waals surface area contributed by atoms with Gasteiger partial charge in [0, 0.05) is 44.4 Å². The summed E-state index contributed by atoms with van der Waals surface area (Å²) in [6.45, 7) is 7.12. The molecule has 0 radical (unpaired) electrons. The lowest BCUT2D eigenvalue weighted by molar-refractivity contribution is -0.138. The molecule has 132 valence electrons. The number of amides is 2. The number of piperidine rings is 2. The van der Waals surface area contributed by atoms with Crippen molar-refractivity contribution in [2.45, 2.75) is 52.4 Å². The number of aryl methyl sites for hydroxylation is 1. The highest BCUT2D eigenvalue weighted by Crippen LogP contribution is 2.39. The highest BCUT2D eigenvalue weighted by Gasteiger charge is 2.42. The lowest BCUT2D eigenvalue weighted by atomic mass is 9.73. The molecule has 2 amide bonds. The molecular weight excluding hydrogens is 306 g/mol. The highest BCUT2D eigenvalue weighted by molar-refractivity contribution is 5.95. The quantitative estimate of drug-likeness (QED) is 0.849. The van der Waals surface area contributed by atoms with Crippen molar-refractivity contribution in [3.8, 4) is 0 Å². The molecule has 1 unspecified atom stereocenters. The molecule has 24 heavy (non-hydrogen) atoms. The van der Waals surface area contributed by atoms with Crippen LogP contribution in [0.5, 0.6) is 0 Å². The average molecular weight is 333 g/mol. The van der Waals surface area contributed by atoms with E-state index in [4.69, 9.17) is 4.52 Å². The molecule has 3 rings (SSSR count). The molecule has 3 heterocycles. The molecule has 2 saturated heterocycles. The lowest BCUT2D eigenvalue weighted by Gasteiger charge is -2.48. The molecule has 0 N–H and O–H groups in total. The molecule has 1 spiro atoms. The van der Waals surface area contributed by atoms with Gasteiger partial charge in [0.2, 0.25) is 5.91 Å². The van der Waals surface area contributed by atoms with E-state index < -0.39 is 0 Å². The number of nitrogens with zero attached hydrogens (tertiary/aromatic N) is 3. The highest BCUT2D eigenvalue weighted by atomic mass is 16.5. The Hall–Kier alpha value is -1.85. The second kappa shape index (κ2) is 6.95. The first kappa shape index (κ1) is 17.0. The third-order valence-corrected chi connectivity index (χ3v) is 5.43. The predicted molar refractivity (Wildman–Crippen MR) is 89.6 cm³/mol. The zero-order valence-corrected chi connectivity index (χ0v) is 14.7. The van der Waals surface area contributed by atoms with E-state index in [1.54, 1.807) is 6.20 Å². The molecule has 0 saturated carbocycles. The minimum atomic E-state index is 0.0266. The maximum absolute atomic E-state index is 12.9. The van der Waals surface area contributed by atoms with Crippen LogP contribution in [0.4, 0.5) is 0 Å². The maximum Gasteiger partial charge on any atom is 0.259 e. The van der Waals surface area contributed by atoms with Crippen molar-refractivity contribution in [2.24, 2.45) is 5.41 Å². The SMILES string of the molecule is CCCc1oncc1C(=O)N1CCCC2(CCC(=O)N(CC)C2)C1. The van der Waals surface area contributed by atoms with Crippen LogP contribution in [0.25, 0.3) is 0 Å². The topological polar surface area (TPSA) is 66.7 Å². The van der Waals surface area contributed by atoms with E-state index in [-0.39, 0.29) is 17.2 Å². The van der Waals surface area contributed by atoms with Crippen molar-refractivity contribution in [3.05, 3.63) is 17.5 Å². The number of hydrogen-bond donors (Lipinski definition) is 0. The van der Waals surface area contributed by atoms with Gasteiger partial charge in [0.05, 0.1) is 6.20 Å². The van der Waals surface area contributed by atoms with Crippen LogP contribution < -0.4 is 0 Å². The van der Waals surface area contributed by atoms with Crippen molar-refractivity contribution >= 4 is 11.8 Å². The number of carbonyl (C=O) groups is 2. The average Bonchev–Trinajstić information content (AvgIpc) is 3.05. The maximum atomic E-state index is 12.9. The summed E-state index contributed by atoms with van der Waals surface area (Å²) in [7, 11) is 0. The Morgan fingerprint density at radius 3 is 2.92 bits per heavy atom. The van der Waals surface area contributed by atoms with Gasteiger partial charge in [0.15, 0.2) is 0 Å². The van der Waals surface area contributed by atoms with Crippen LogP contribution in [-0.2, 0) is 11.2 Å². The number of likely N-dealkylation sites (tertiary alicyclic amines) is 2. The molecule has 2 fully saturated rings. The fourth-order valence-corrected chi connectivity index (χ4v) is 4.12. The van der Waals surface area contributed by atoms with Crippen LogP contribution in [0.2, 0.25) is 0 Å². The van der Waals surface area contributed by atoms with E-state index in [1.165, 1.54) is 0 Å². The molecule has 1 aromatic rings. The van der Waals surface area contributed by atoms with Crippen molar-refractivity contribution < 1.29 is 14.1 Å². The van der Waals surface area contributed by atoms with Crippen molar-refractivity contribution in [3.63, 3.8) is 0 Å². The van der Waals surface area contributed by atoms with Crippen LogP contribution in [0.3, 0.4) is 0 Å². The zero-order chi connectivity index (χ0) is 17.2. The van der Waals surface area contributed by atoms with Gasteiger partial charge in [-0.3, -0.25) is 9.59 Å². The second-order valence-electron chi connectivity index (χ2n) is 7.15. The number of aromatic nitrogens is 1. The normalized spacial score (nSPS) is 24.7. The van der Waals surface area contributed by atoms with Gasteiger partial charge in [0.25, 0.3) is 5.91 Å². The molecule has 0 aliphatic carbocycles. The van der Waals surface area contributed by atoms with E-state index in [1.807, 2.05) is 16.7 Å². The van der Waals surface area contributed by atoms with Gasteiger partial charge in [-0.05, 0) is 32.6 Å². The first-order chi connectivity index (χ1) is 11.6. The van der Waals surface area contributed by atoms with Crippen LogP contribution in [0.15, 0.2) is 10.7 Å². The molecule has 6 heteroatoms. The molecule has 2 aliphatic heterocycles. The Bertz CT molecular complexity index is 612. The van der Waals surface area contributed by atoms with E-state index in [0.717, 1.165) is 58.3 Å². The molecule has 0 aromatic carbocycles. The molecule has 1 atom stereocenters. The number of rotatable bonds is 4. The van der Waals surface area contributed by atoms with E-state index >= 15 is 0 Å². The van der Waals surface area contributed by atoms with E-state index in [2.05, 4.69) is 12.1 Å². The standard InChI is InChI=1S/C18H27N3O3/c1-3-6-15-14(11-19-24-15)17(23)21-10-5-8-18(13-21)9-7-16(22)20(4-2)12-18/h11H,3-10,12-13H2,1-2H3. The Morgan fingerprint density at radius 2 is 2.17 bits per heavy atom. The van der Waals surface area contributed by atoms with Crippen LogP contribution in [0.1, 0.15) is 62.1 Å². The second-order valence-corrected chi connectivity index (χ2v) is 7.15. The molecule has 2 aliphatic rings. The number of hydrogen-bond acceptors (Lipinski definition) is 4. The monoisotopic (exact) mass is 333 g/mol. The van der Waals surface area contributed by atoms with Crippen LogP contribution in [0, 0.1) is 5.41 Å². The smallest absolute Gasteiger partial charge is 0.259 e. The molecule has 1 aromatic heterocycles. The van der Waals surface area contributed by atoms with Gasteiger partial charge in [-0.1, -0.05) is 12.1 Å². The van der Waals surface area contributed by atoms with Gasteiger partial charge in [-0.25, -0.2) is 0 Å². The van der Waals surface area contributed by atoms with Gasteiger partial charge in [-0.15, -0.1) is 0 Å². The summed E-state index contributed by atoms with van der Waals surface area (Å²) < 4.78 is 5.25. The Labute approximate surface area is 143 Å². The fraction of sp³-hybridized carbons (Fsp3) is 0.722. The summed E-state index contributed by atoms with van der Waals surface area (Å²) in [5, 5.41) is 3.82. The van der Waals surface area contributed by atoms with Gasteiger partial charge in [-0.2, -0.15) is 0 Å². The Kier molecular flexibility index (Phi) is 4.92. The minimum absolute atomic E-state index is 0.0266. The molecule has 6 nitrogen and oxygen atoms in total. The lowest BCUT2D eigenvalue weighted by Crippen LogP contribution is -2.55. The minimum Gasteiger partial charge on any atom is -0.361 e. The zero-order valence-electron chi connectivity index (χ0n) is 14.7. The Morgan fingerprint density at radius 1 is 1.33 bits per heavy atom. The van der Waals surface area contributed by atoms with Gasteiger partial charge < -0.3 is 14.3 Å². The fourth-order valence-electron chi connectivity index (χ4n) is 4.12. The summed E-state index contributed by atoms with van der Waals surface area (Å²) in [4.78, 5) is 28.8. The summed E-state index contributed by atoms with van der Waals surface area (Å²) in [5.74, 6) is 0.964. The van der Waals surface area contributed by atoms with Crippen molar-refractivity contribution in [1.82, 2.24) is 15.0 Å². The largest absolute Gasteiger partial charge is 0.361 e. The summed E-state index contributed by atoms with van der Waals surface area (Å²) in [5.41, 5.74) is 0.660. The van der Waals surface area contributed by atoms with Gasteiger partial charge >= 0.3 is 0 Å². The van der Waals surface area contributed by atoms with Gasteiger partial charge in [0.1, 0.15) is 11.3 Å². The third kappa shape index (κ3) is 3.19. The molecule has 0 bridgehead atoms. The third-order valence-electron chi connectivity index (χ3n) is 5.43. The predicted octanol–water partition coefficient (Wildman–Crippen LogP) is 2.49. The Balaban J connectivity index is 1.74. The van der Waals surface area contributed by atoms with E-state index in [9.17, 15) is 9.59 Å². The number of carbonyl (C=O) groups excluding carboxylic acids is 2. The van der Waals surface area contributed by atoms with Crippen molar-refractivity contribution in [1.29, 1.82) is 0 Å². The summed E-state index contributed by atoms with van der Waals surface area (Å²) in [6.07, 6.45) is 6.78. The first-order valence-corrected chi connectivity index (χ1v) is 9.09.